The van der Waals surface area contributed by atoms with Crippen LogP contribution < -0.4 is 10.1 Å². The lowest BCUT2D eigenvalue weighted by atomic mass is 10.0. The first-order chi connectivity index (χ1) is 10.8. The zero-order valence-corrected chi connectivity index (χ0v) is 12.8. The maximum atomic E-state index is 11.4. The van der Waals surface area contributed by atoms with Gasteiger partial charge in [-0.05, 0) is 29.7 Å². The van der Waals surface area contributed by atoms with Crippen molar-refractivity contribution in [2.45, 2.75) is 26.2 Å². The number of carbonyl (C=O) groups is 1. The normalized spacial score (nSPS) is 10.2. The van der Waals surface area contributed by atoms with E-state index in [0.29, 0.717) is 19.6 Å². The van der Waals surface area contributed by atoms with Gasteiger partial charge >= 0.3 is 0 Å². The number of amides is 1. The van der Waals surface area contributed by atoms with Crippen molar-refractivity contribution < 1.29 is 9.53 Å². The first-order valence-corrected chi connectivity index (χ1v) is 7.53. The number of ether oxygens (including phenoxy) is 1. The van der Waals surface area contributed by atoms with Gasteiger partial charge in [0.15, 0.2) is 0 Å². The molecular formula is C18H20N2O2. The molecule has 114 valence electrons. The second-order valence-electron chi connectivity index (χ2n) is 5.05. The van der Waals surface area contributed by atoms with Crippen molar-refractivity contribution in [1.29, 1.82) is 5.26 Å². The van der Waals surface area contributed by atoms with Gasteiger partial charge in [-0.3, -0.25) is 4.79 Å². The van der Waals surface area contributed by atoms with Gasteiger partial charge in [0.2, 0.25) is 5.91 Å². The molecule has 0 saturated heterocycles. The fourth-order valence-electron chi connectivity index (χ4n) is 2.38. The van der Waals surface area contributed by atoms with Gasteiger partial charge in [0.25, 0.3) is 0 Å². The highest BCUT2D eigenvalue weighted by Gasteiger charge is 2.09. The van der Waals surface area contributed by atoms with E-state index in [2.05, 4.69) is 30.4 Å². The van der Waals surface area contributed by atoms with Gasteiger partial charge in [0, 0.05) is 12.1 Å². The van der Waals surface area contributed by atoms with Gasteiger partial charge in [-0.1, -0.05) is 37.3 Å². The van der Waals surface area contributed by atoms with Crippen molar-refractivity contribution in [2.24, 2.45) is 0 Å². The van der Waals surface area contributed by atoms with Crippen LogP contribution in [0.2, 0.25) is 0 Å². The van der Waals surface area contributed by atoms with Gasteiger partial charge in [0.05, 0.1) is 12.7 Å². The Morgan fingerprint density at radius 3 is 2.86 bits per heavy atom. The van der Waals surface area contributed by atoms with Crippen LogP contribution in [0, 0.1) is 11.3 Å². The molecule has 0 radical (unpaired) electrons. The Morgan fingerprint density at radius 2 is 2.09 bits per heavy atom. The van der Waals surface area contributed by atoms with Crippen LogP contribution in [0.3, 0.4) is 0 Å². The number of nitrogens with one attached hydrogen (secondary N) is 1. The van der Waals surface area contributed by atoms with Crippen LogP contribution in [0.25, 0.3) is 10.8 Å². The van der Waals surface area contributed by atoms with Crippen molar-refractivity contribution in [2.75, 3.05) is 13.2 Å². The summed E-state index contributed by atoms with van der Waals surface area (Å²) >= 11 is 0. The maximum absolute atomic E-state index is 11.4. The number of nitriles is 1. The first-order valence-electron chi connectivity index (χ1n) is 7.53. The molecule has 0 aromatic heterocycles. The van der Waals surface area contributed by atoms with Gasteiger partial charge in [0.1, 0.15) is 12.2 Å². The van der Waals surface area contributed by atoms with Crippen LogP contribution in [0.5, 0.6) is 5.75 Å². The Morgan fingerprint density at radius 1 is 1.27 bits per heavy atom. The third-order valence-corrected chi connectivity index (χ3v) is 3.40. The van der Waals surface area contributed by atoms with Crippen molar-refractivity contribution in [3.8, 4) is 11.8 Å². The monoisotopic (exact) mass is 296 g/mol. The van der Waals surface area contributed by atoms with Crippen LogP contribution in [0.4, 0.5) is 0 Å². The molecule has 0 aliphatic carbocycles. The Hall–Kier alpha value is -2.54. The lowest BCUT2D eigenvalue weighted by Gasteiger charge is -2.14. The molecule has 0 fully saturated rings. The minimum atomic E-state index is -0.237. The molecule has 2 rings (SSSR count). The zero-order chi connectivity index (χ0) is 15.8. The number of hydrogen-bond donors (Lipinski definition) is 1. The van der Waals surface area contributed by atoms with Crippen molar-refractivity contribution in [1.82, 2.24) is 5.32 Å². The second kappa shape index (κ2) is 8.04. The summed E-state index contributed by atoms with van der Waals surface area (Å²) in [6, 6.07) is 14.0. The summed E-state index contributed by atoms with van der Waals surface area (Å²) in [5.74, 6) is 0.633. The van der Waals surface area contributed by atoms with Crippen molar-refractivity contribution >= 4 is 16.7 Å². The summed E-state index contributed by atoms with van der Waals surface area (Å²) in [7, 11) is 0. The Bertz CT molecular complexity index is 689. The molecule has 0 bridgehead atoms. The minimum absolute atomic E-state index is 0.102. The highest BCUT2D eigenvalue weighted by molar-refractivity contribution is 5.88. The fourth-order valence-corrected chi connectivity index (χ4v) is 2.38. The standard InChI is InChI=1S/C18H20N2O2/c1-2-13-22-17-8-7-14-5-3-4-6-15(14)16(17)10-12-20-18(21)9-11-19/h3-8H,2,9-10,12-13H2,1H3,(H,20,21). The summed E-state index contributed by atoms with van der Waals surface area (Å²) < 4.78 is 5.83. The third-order valence-electron chi connectivity index (χ3n) is 3.40. The fraction of sp³-hybridized carbons (Fsp3) is 0.333. The van der Waals surface area contributed by atoms with E-state index >= 15 is 0 Å². The van der Waals surface area contributed by atoms with Gasteiger partial charge in [-0.2, -0.15) is 5.26 Å². The Balaban J connectivity index is 2.20. The quantitative estimate of drug-likeness (QED) is 0.853. The summed E-state index contributed by atoms with van der Waals surface area (Å²) in [5, 5.41) is 13.6. The van der Waals surface area contributed by atoms with E-state index < -0.39 is 0 Å². The smallest absolute Gasteiger partial charge is 0.234 e. The average molecular weight is 296 g/mol. The SMILES string of the molecule is CCCOc1ccc2ccccc2c1CCNC(=O)CC#N. The molecule has 1 N–H and O–H groups in total. The van der Waals surface area contributed by atoms with Gasteiger partial charge in [-0.15, -0.1) is 0 Å². The van der Waals surface area contributed by atoms with Gasteiger partial charge in [-0.25, -0.2) is 0 Å². The average Bonchev–Trinajstić information content (AvgIpc) is 2.54. The minimum Gasteiger partial charge on any atom is -0.493 e. The molecule has 0 heterocycles. The molecule has 2 aromatic carbocycles. The molecule has 0 saturated carbocycles. The molecule has 0 aliphatic heterocycles. The summed E-state index contributed by atoms with van der Waals surface area (Å²) in [4.78, 5) is 11.4. The van der Waals surface area contributed by atoms with Crippen LogP contribution in [0.1, 0.15) is 25.3 Å². The number of fused-ring (bicyclic) bond motifs is 1. The van der Waals surface area contributed by atoms with E-state index in [0.717, 1.165) is 28.5 Å². The number of nitrogens with zero attached hydrogens (tertiary/aromatic N) is 1. The molecule has 0 aliphatic rings. The highest BCUT2D eigenvalue weighted by Crippen LogP contribution is 2.28. The number of hydrogen-bond acceptors (Lipinski definition) is 3. The summed E-state index contributed by atoms with van der Waals surface area (Å²) in [6.45, 7) is 3.24. The Kier molecular flexibility index (Phi) is 5.79. The zero-order valence-electron chi connectivity index (χ0n) is 12.8. The van der Waals surface area contributed by atoms with E-state index in [9.17, 15) is 4.79 Å². The number of carbonyl (C=O) groups excluding carboxylic acids is 1. The molecule has 22 heavy (non-hydrogen) atoms. The van der Waals surface area contributed by atoms with Crippen LogP contribution in [-0.4, -0.2) is 19.1 Å². The highest BCUT2D eigenvalue weighted by atomic mass is 16.5. The largest absolute Gasteiger partial charge is 0.493 e. The molecule has 0 spiro atoms. The predicted octanol–water partition coefficient (Wildman–Crippen LogP) is 3.20. The first kappa shape index (κ1) is 15.8. The summed E-state index contributed by atoms with van der Waals surface area (Å²) in [5.41, 5.74) is 1.10. The molecular weight excluding hydrogens is 276 g/mol. The van der Waals surface area contributed by atoms with Crippen molar-refractivity contribution in [3.63, 3.8) is 0 Å². The molecule has 1 amide bonds. The lowest BCUT2D eigenvalue weighted by Crippen LogP contribution is -2.25. The molecule has 0 atom stereocenters. The number of rotatable bonds is 7. The van der Waals surface area contributed by atoms with Crippen LogP contribution in [-0.2, 0) is 11.2 Å². The number of benzene rings is 2. The predicted molar refractivity (Wildman–Crippen MR) is 86.7 cm³/mol. The van der Waals surface area contributed by atoms with E-state index in [1.807, 2.05) is 24.3 Å². The molecule has 2 aromatic rings. The molecule has 0 unspecified atom stereocenters. The molecule has 4 nitrogen and oxygen atoms in total. The molecule has 4 heteroatoms. The van der Waals surface area contributed by atoms with E-state index in [1.165, 1.54) is 0 Å². The maximum Gasteiger partial charge on any atom is 0.234 e. The van der Waals surface area contributed by atoms with Crippen LogP contribution >= 0.6 is 0 Å². The van der Waals surface area contributed by atoms with E-state index in [1.54, 1.807) is 0 Å². The Labute approximate surface area is 130 Å². The second-order valence-corrected chi connectivity index (χ2v) is 5.05. The third kappa shape index (κ3) is 3.98. The topological polar surface area (TPSA) is 62.1 Å². The van der Waals surface area contributed by atoms with Crippen molar-refractivity contribution in [3.05, 3.63) is 42.0 Å². The summed E-state index contributed by atoms with van der Waals surface area (Å²) in [6.07, 6.45) is 1.53. The van der Waals surface area contributed by atoms with E-state index in [4.69, 9.17) is 10.00 Å². The van der Waals surface area contributed by atoms with Crippen LogP contribution in [0.15, 0.2) is 36.4 Å². The van der Waals surface area contributed by atoms with E-state index in [-0.39, 0.29) is 12.3 Å². The lowest BCUT2D eigenvalue weighted by molar-refractivity contribution is -0.120. The van der Waals surface area contributed by atoms with Gasteiger partial charge < -0.3 is 10.1 Å².